The summed E-state index contributed by atoms with van der Waals surface area (Å²) in [7, 11) is 0. The van der Waals surface area contributed by atoms with Gasteiger partial charge in [0.2, 0.25) is 0 Å². The van der Waals surface area contributed by atoms with Gasteiger partial charge in [-0.15, -0.1) is 0 Å². The molecule has 0 aliphatic carbocycles. The van der Waals surface area contributed by atoms with Crippen molar-refractivity contribution in [2.24, 2.45) is 5.73 Å². The highest BCUT2D eigenvalue weighted by Crippen LogP contribution is 2.13. The molecule has 3 aromatic rings. The van der Waals surface area contributed by atoms with E-state index >= 15 is 0 Å². The first-order valence-electron chi connectivity index (χ1n) is 6.00. The SMILES string of the molecule is NCc1cc(Cn2c(=O)oc3ccccc32)ccn1. The van der Waals surface area contributed by atoms with E-state index in [4.69, 9.17) is 10.2 Å². The topological polar surface area (TPSA) is 74.0 Å². The smallest absolute Gasteiger partial charge is 0.408 e. The highest BCUT2D eigenvalue weighted by Gasteiger charge is 2.09. The average molecular weight is 255 g/mol. The molecular formula is C14H13N3O2. The highest BCUT2D eigenvalue weighted by atomic mass is 16.4. The van der Waals surface area contributed by atoms with Gasteiger partial charge in [-0.3, -0.25) is 9.55 Å². The zero-order valence-corrected chi connectivity index (χ0v) is 10.2. The number of fused-ring (bicyclic) bond motifs is 1. The summed E-state index contributed by atoms with van der Waals surface area (Å²) in [4.78, 5) is 16.0. The molecule has 0 aliphatic rings. The number of nitrogens with two attached hydrogens (primary N) is 1. The third-order valence-electron chi connectivity index (χ3n) is 3.00. The van der Waals surface area contributed by atoms with Crippen LogP contribution >= 0.6 is 0 Å². The largest absolute Gasteiger partial charge is 0.420 e. The third-order valence-corrected chi connectivity index (χ3v) is 3.00. The molecule has 0 amide bonds. The fraction of sp³-hybridized carbons (Fsp3) is 0.143. The van der Waals surface area contributed by atoms with E-state index < -0.39 is 0 Å². The van der Waals surface area contributed by atoms with Gasteiger partial charge in [0, 0.05) is 12.7 Å². The van der Waals surface area contributed by atoms with Crippen LogP contribution in [0.25, 0.3) is 11.1 Å². The fourth-order valence-electron chi connectivity index (χ4n) is 2.08. The summed E-state index contributed by atoms with van der Waals surface area (Å²) in [6, 6.07) is 11.1. The van der Waals surface area contributed by atoms with Crippen molar-refractivity contribution in [2.75, 3.05) is 0 Å². The van der Waals surface area contributed by atoms with E-state index in [1.54, 1.807) is 16.8 Å². The van der Waals surface area contributed by atoms with Gasteiger partial charge in [-0.1, -0.05) is 12.1 Å². The molecule has 1 aromatic carbocycles. The fourth-order valence-corrected chi connectivity index (χ4v) is 2.08. The molecule has 0 saturated carbocycles. The molecule has 0 unspecified atom stereocenters. The van der Waals surface area contributed by atoms with Crippen molar-refractivity contribution in [1.29, 1.82) is 0 Å². The number of aromatic nitrogens is 2. The minimum Gasteiger partial charge on any atom is -0.408 e. The summed E-state index contributed by atoms with van der Waals surface area (Å²) in [6.07, 6.45) is 1.70. The maximum atomic E-state index is 11.9. The average Bonchev–Trinajstić information content (AvgIpc) is 2.76. The van der Waals surface area contributed by atoms with Crippen LogP contribution in [0.15, 0.2) is 51.8 Å². The van der Waals surface area contributed by atoms with Crippen LogP contribution in [-0.4, -0.2) is 9.55 Å². The second-order valence-corrected chi connectivity index (χ2v) is 4.28. The summed E-state index contributed by atoms with van der Waals surface area (Å²) < 4.78 is 6.80. The highest BCUT2D eigenvalue weighted by molar-refractivity contribution is 5.72. The molecule has 3 rings (SSSR count). The van der Waals surface area contributed by atoms with Crippen LogP contribution in [0, 0.1) is 0 Å². The molecule has 19 heavy (non-hydrogen) atoms. The van der Waals surface area contributed by atoms with E-state index in [0.29, 0.717) is 18.7 Å². The van der Waals surface area contributed by atoms with Gasteiger partial charge < -0.3 is 10.2 Å². The van der Waals surface area contributed by atoms with Crippen molar-refractivity contribution < 1.29 is 4.42 Å². The van der Waals surface area contributed by atoms with Crippen molar-refractivity contribution in [3.05, 3.63) is 64.4 Å². The maximum absolute atomic E-state index is 11.9. The molecule has 0 atom stereocenters. The Morgan fingerprint density at radius 3 is 2.95 bits per heavy atom. The van der Waals surface area contributed by atoms with Crippen molar-refractivity contribution in [2.45, 2.75) is 13.1 Å². The van der Waals surface area contributed by atoms with E-state index in [0.717, 1.165) is 16.8 Å². The summed E-state index contributed by atoms with van der Waals surface area (Å²) in [5, 5.41) is 0. The van der Waals surface area contributed by atoms with Gasteiger partial charge in [0.05, 0.1) is 17.8 Å². The predicted molar refractivity (Wildman–Crippen MR) is 71.7 cm³/mol. The Labute approximate surface area is 109 Å². The lowest BCUT2D eigenvalue weighted by molar-refractivity contribution is 0.517. The number of pyridine rings is 1. The number of nitrogens with zero attached hydrogens (tertiary/aromatic N) is 2. The Kier molecular flexibility index (Phi) is 2.89. The van der Waals surface area contributed by atoms with Gasteiger partial charge in [-0.25, -0.2) is 4.79 Å². The van der Waals surface area contributed by atoms with E-state index in [2.05, 4.69) is 4.98 Å². The zero-order chi connectivity index (χ0) is 13.2. The lowest BCUT2D eigenvalue weighted by Crippen LogP contribution is -2.15. The second kappa shape index (κ2) is 4.70. The van der Waals surface area contributed by atoms with Crippen molar-refractivity contribution in [1.82, 2.24) is 9.55 Å². The Morgan fingerprint density at radius 2 is 2.11 bits per heavy atom. The molecule has 0 fully saturated rings. The van der Waals surface area contributed by atoms with E-state index in [-0.39, 0.29) is 5.76 Å². The second-order valence-electron chi connectivity index (χ2n) is 4.28. The lowest BCUT2D eigenvalue weighted by atomic mass is 10.2. The minimum absolute atomic E-state index is 0.354. The number of oxazole rings is 1. The van der Waals surface area contributed by atoms with Gasteiger partial charge in [0.25, 0.3) is 0 Å². The lowest BCUT2D eigenvalue weighted by Gasteiger charge is -2.04. The van der Waals surface area contributed by atoms with Crippen LogP contribution in [0.4, 0.5) is 0 Å². The summed E-state index contributed by atoms with van der Waals surface area (Å²) in [5.74, 6) is -0.354. The van der Waals surface area contributed by atoms with Gasteiger partial charge in [-0.05, 0) is 29.8 Å². The first-order valence-corrected chi connectivity index (χ1v) is 6.00. The molecule has 0 bridgehead atoms. The number of hydrogen-bond donors (Lipinski definition) is 1. The first-order chi connectivity index (χ1) is 9.28. The molecule has 0 spiro atoms. The normalized spacial score (nSPS) is 11.0. The predicted octanol–water partition coefficient (Wildman–Crippen LogP) is 1.50. The third kappa shape index (κ3) is 2.15. The Bertz CT molecular complexity index is 773. The molecule has 0 saturated heterocycles. The summed E-state index contributed by atoms with van der Waals surface area (Å²) in [5.41, 5.74) is 8.73. The minimum atomic E-state index is -0.354. The quantitative estimate of drug-likeness (QED) is 0.769. The number of rotatable bonds is 3. The van der Waals surface area contributed by atoms with Crippen LogP contribution in [0.2, 0.25) is 0 Å². The Balaban J connectivity index is 2.05. The molecule has 2 heterocycles. The van der Waals surface area contributed by atoms with Crippen LogP contribution in [0.1, 0.15) is 11.3 Å². The van der Waals surface area contributed by atoms with Crippen molar-refractivity contribution in [3.63, 3.8) is 0 Å². The Hall–Kier alpha value is -2.40. The van der Waals surface area contributed by atoms with Gasteiger partial charge in [0.1, 0.15) is 0 Å². The molecule has 0 radical (unpaired) electrons. The van der Waals surface area contributed by atoms with Crippen molar-refractivity contribution >= 4 is 11.1 Å². The maximum Gasteiger partial charge on any atom is 0.420 e. The van der Waals surface area contributed by atoms with Crippen LogP contribution in [0.3, 0.4) is 0 Å². The van der Waals surface area contributed by atoms with Crippen LogP contribution in [0.5, 0.6) is 0 Å². The number of benzene rings is 1. The molecule has 0 aliphatic heterocycles. The van der Waals surface area contributed by atoms with E-state index in [1.807, 2.05) is 30.3 Å². The zero-order valence-electron chi connectivity index (χ0n) is 10.2. The number of hydrogen-bond acceptors (Lipinski definition) is 4. The van der Waals surface area contributed by atoms with Crippen LogP contribution < -0.4 is 11.5 Å². The van der Waals surface area contributed by atoms with Gasteiger partial charge >= 0.3 is 5.76 Å². The monoisotopic (exact) mass is 255 g/mol. The summed E-state index contributed by atoms with van der Waals surface area (Å²) >= 11 is 0. The molecule has 5 heteroatoms. The number of para-hydroxylation sites is 2. The first kappa shape index (κ1) is 11.7. The van der Waals surface area contributed by atoms with Gasteiger partial charge in [0.15, 0.2) is 5.58 Å². The molecule has 96 valence electrons. The Morgan fingerprint density at radius 1 is 1.26 bits per heavy atom. The molecule has 2 N–H and O–H groups in total. The molecule has 5 nitrogen and oxygen atoms in total. The standard InChI is InChI=1S/C14H13N3O2/c15-8-11-7-10(5-6-16-11)9-17-12-3-1-2-4-13(12)19-14(17)18/h1-7H,8-9,15H2. The molecule has 2 aromatic heterocycles. The van der Waals surface area contributed by atoms with E-state index in [1.165, 1.54) is 0 Å². The van der Waals surface area contributed by atoms with Crippen LogP contribution in [-0.2, 0) is 13.1 Å². The van der Waals surface area contributed by atoms with E-state index in [9.17, 15) is 4.79 Å². The summed E-state index contributed by atoms with van der Waals surface area (Å²) in [6.45, 7) is 0.834. The van der Waals surface area contributed by atoms with Crippen molar-refractivity contribution in [3.8, 4) is 0 Å². The van der Waals surface area contributed by atoms with Gasteiger partial charge in [-0.2, -0.15) is 0 Å². The molecular weight excluding hydrogens is 242 g/mol.